The Labute approximate surface area is 131 Å². The molecule has 1 aromatic carbocycles. The van der Waals surface area contributed by atoms with Crippen LogP contribution in [0.2, 0.25) is 0 Å². The van der Waals surface area contributed by atoms with E-state index in [0.717, 1.165) is 5.56 Å². The predicted octanol–water partition coefficient (Wildman–Crippen LogP) is -0.664. The van der Waals surface area contributed by atoms with Gasteiger partial charge in [0.2, 0.25) is 0 Å². The van der Waals surface area contributed by atoms with E-state index < -0.39 is 31.0 Å². The molecule has 0 spiro atoms. The quantitative estimate of drug-likeness (QED) is 0.361. The Hall–Kier alpha value is -1.02. The highest BCUT2D eigenvalue weighted by Gasteiger charge is 2.29. The molecule has 0 fully saturated rings. The lowest BCUT2D eigenvalue weighted by molar-refractivity contribution is -0.114. The second-order valence-electron chi connectivity index (χ2n) is 5.83. The summed E-state index contributed by atoms with van der Waals surface area (Å²) < 4.78 is 0. The summed E-state index contributed by atoms with van der Waals surface area (Å²) in [5.41, 5.74) is 2.29. The summed E-state index contributed by atoms with van der Waals surface area (Å²) >= 11 is 0. The van der Waals surface area contributed by atoms with Crippen molar-refractivity contribution >= 4 is 0 Å². The number of aliphatic hydroxyl groups is 5. The zero-order valence-electron chi connectivity index (χ0n) is 13.1. The monoisotopic (exact) mass is 313 g/mol. The third-order valence-corrected chi connectivity index (χ3v) is 3.65. The van der Waals surface area contributed by atoms with E-state index >= 15 is 0 Å². The Morgan fingerprint density at radius 2 is 1.45 bits per heavy atom. The van der Waals surface area contributed by atoms with Crippen LogP contribution in [0.15, 0.2) is 24.3 Å². The summed E-state index contributed by atoms with van der Waals surface area (Å²) in [4.78, 5) is 0. The van der Waals surface area contributed by atoms with Gasteiger partial charge in [-0.05, 0) is 17.0 Å². The third kappa shape index (κ3) is 5.64. The maximum absolute atomic E-state index is 9.76. The van der Waals surface area contributed by atoms with Gasteiger partial charge < -0.3 is 30.8 Å². The fourth-order valence-corrected chi connectivity index (χ4v) is 2.07. The fraction of sp³-hybridized carbons (Fsp3) is 0.625. The average molecular weight is 313 g/mol. The minimum absolute atomic E-state index is 0.0578. The van der Waals surface area contributed by atoms with Gasteiger partial charge in [-0.25, -0.2) is 0 Å². The topological polar surface area (TPSA) is 113 Å². The fourth-order valence-electron chi connectivity index (χ4n) is 2.07. The summed E-state index contributed by atoms with van der Waals surface area (Å²) in [5.74, 6) is 0.471. The molecular weight excluding hydrogens is 286 g/mol. The maximum Gasteiger partial charge on any atom is 0.111 e. The van der Waals surface area contributed by atoms with Crippen LogP contribution in [0.1, 0.15) is 30.9 Å². The molecule has 0 unspecified atom stereocenters. The molecule has 0 radical (unpaired) electrons. The van der Waals surface area contributed by atoms with Crippen LogP contribution in [-0.4, -0.2) is 63.1 Å². The summed E-state index contributed by atoms with van der Waals surface area (Å²) in [5, 5.41) is 49.9. The first kappa shape index (κ1) is 19.0. The molecule has 0 aliphatic heterocycles. The van der Waals surface area contributed by atoms with Crippen LogP contribution >= 0.6 is 0 Å². The van der Waals surface area contributed by atoms with Gasteiger partial charge in [-0.2, -0.15) is 0 Å². The van der Waals surface area contributed by atoms with Crippen molar-refractivity contribution in [2.75, 3.05) is 13.2 Å². The Bertz CT molecular complexity index is 423. The van der Waals surface area contributed by atoms with Gasteiger partial charge in [0.25, 0.3) is 0 Å². The van der Waals surface area contributed by atoms with Crippen LogP contribution in [-0.2, 0) is 6.54 Å². The second kappa shape index (κ2) is 9.19. The van der Waals surface area contributed by atoms with Crippen LogP contribution in [0.4, 0.5) is 0 Å². The van der Waals surface area contributed by atoms with Gasteiger partial charge in [0.1, 0.15) is 18.3 Å². The molecule has 1 aromatic rings. The van der Waals surface area contributed by atoms with E-state index in [1.54, 1.807) is 0 Å². The molecule has 126 valence electrons. The van der Waals surface area contributed by atoms with Crippen molar-refractivity contribution in [3.05, 3.63) is 35.4 Å². The number of rotatable bonds is 9. The Balaban J connectivity index is 2.39. The Kier molecular flexibility index (Phi) is 7.95. The molecule has 22 heavy (non-hydrogen) atoms. The first-order valence-corrected chi connectivity index (χ1v) is 7.49. The van der Waals surface area contributed by atoms with Gasteiger partial charge in [-0.3, -0.25) is 0 Å². The van der Waals surface area contributed by atoms with Crippen LogP contribution in [0.25, 0.3) is 0 Å². The van der Waals surface area contributed by atoms with E-state index in [1.807, 2.05) is 24.3 Å². The first-order chi connectivity index (χ1) is 10.4. The van der Waals surface area contributed by atoms with E-state index in [9.17, 15) is 20.4 Å². The predicted molar refractivity (Wildman–Crippen MR) is 83.4 cm³/mol. The van der Waals surface area contributed by atoms with E-state index in [1.165, 1.54) is 5.56 Å². The van der Waals surface area contributed by atoms with E-state index in [4.69, 9.17) is 5.11 Å². The van der Waals surface area contributed by atoms with Crippen molar-refractivity contribution < 1.29 is 25.5 Å². The Morgan fingerprint density at radius 1 is 0.909 bits per heavy atom. The smallest absolute Gasteiger partial charge is 0.111 e. The first-order valence-electron chi connectivity index (χ1n) is 7.49. The van der Waals surface area contributed by atoms with E-state index in [2.05, 4.69) is 19.2 Å². The molecule has 6 N–H and O–H groups in total. The van der Waals surface area contributed by atoms with Crippen molar-refractivity contribution in [3.63, 3.8) is 0 Å². The molecule has 0 saturated carbocycles. The standard InChI is InChI=1S/C16H27NO5/c1-10(2)12-5-3-11(4-6-12)7-17-8-13(19)15(21)16(22)14(20)9-18/h3-6,10,13-22H,7-9H2,1-2H3/t13-,14+,15+,16+/m0/s1. The third-order valence-electron chi connectivity index (χ3n) is 3.65. The van der Waals surface area contributed by atoms with Gasteiger partial charge in [-0.15, -0.1) is 0 Å². The molecule has 0 heterocycles. The van der Waals surface area contributed by atoms with Crippen LogP contribution < -0.4 is 5.32 Å². The second-order valence-corrected chi connectivity index (χ2v) is 5.83. The van der Waals surface area contributed by atoms with Crippen molar-refractivity contribution in [3.8, 4) is 0 Å². The van der Waals surface area contributed by atoms with Gasteiger partial charge in [-0.1, -0.05) is 38.1 Å². The maximum atomic E-state index is 9.76. The van der Waals surface area contributed by atoms with Gasteiger partial charge in [0.15, 0.2) is 0 Å². The molecule has 0 aliphatic rings. The summed E-state index contributed by atoms with van der Waals surface area (Å²) in [7, 11) is 0. The number of hydrogen-bond donors (Lipinski definition) is 6. The summed E-state index contributed by atoms with van der Waals surface area (Å²) in [6.07, 6.45) is -5.84. The largest absolute Gasteiger partial charge is 0.394 e. The van der Waals surface area contributed by atoms with Crippen molar-refractivity contribution in [2.45, 2.75) is 50.7 Å². The summed E-state index contributed by atoms with van der Waals surface area (Å²) in [6, 6.07) is 8.09. The molecule has 0 aromatic heterocycles. The molecule has 6 nitrogen and oxygen atoms in total. The zero-order valence-corrected chi connectivity index (χ0v) is 13.1. The lowest BCUT2D eigenvalue weighted by atomic mass is 10.0. The molecule has 0 saturated heterocycles. The SMILES string of the molecule is CC(C)c1ccc(CNC[C@H](O)[C@@H](O)[C@H](O)[C@H](O)CO)cc1. The highest BCUT2D eigenvalue weighted by molar-refractivity contribution is 5.24. The van der Waals surface area contributed by atoms with Crippen molar-refractivity contribution in [2.24, 2.45) is 0 Å². The van der Waals surface area contributed by atoms with Gasteiger partial charge >= 0.3 is 0 Å². The molecular formula is C16H27NO5. The minimum atomic E-state index is -1.59. The number of aliphatic hydroxyl groups excluding tert-OH is 5. The highest BCUT2D eigenvalue weighted by atomic mass is 16.4. The van der Waals surface area contributed by atoms with Crippen molar-refractivity contribution in [1.82, 2.24) is 5.32 Å². The Morgan fingerprint density at radius 3 is 1.95 bits per heavy atom. The average Bonchev–Trinajstić information content (AvgIpc) is 2.52. The normalized spacial score (nSPS) is 17.3. The number of hydrogen-bond acceptors (Lipinski definition) is 6. The molecule has 6 heteroatoms. The molecule has 1 rings (SSSR count). The molecule has 4 atom stereocenters. The van der Waals surface area contributed by atoms with Crippen LogP contribution in [0.3, 0.4) is 0 Å². The number of benzene rings is 1. The van der Waals surface area contributed by atoms with Crippen LogP contribution in [0.5, 0.6) is 0 Å². The highest BCUT2D eigenvalue weighted by Crippen LogP contribution is 2.14. The summed E-state index contributed by atoms with van der Waals surface area (Å²) in [6.45, 7) is 4.14. The number of nitrogens with one attached hydrogen (secondary N) is 1. The molecule has 0 aliphatic carbocycles. The van der Waals surface area contributed by atoms with Crippen LogP contribution in [0, 0.1) is 0 Å². The van der Waals surface area contributed by atoms with Gasteiger partial charge in [0, 0.05) is 13.1 Å². The minimum Gasteiger partial charge on any atom is -0.394 e. The van der Waals surface area contributed by atoms with E-state index in [0.29, 0.717) is 12.5 Å². The van der Waals surface area contributed by atoms with Crippen molar-refractivity contribution in [1.29, 1.82) is 0 Å². The lowest BCUT2D eigenvalue weighted by Gasteiger charge is -2.25. The lowest BCUT2D eigenvalue weighted by Crippen LogP contribution is -2.48. The van der Waals surface area contributed by atoms with Gasteiger partial charge in [0.05, 0.1) is 12.7 Å². The molecule has 0 bridgehead atoms. The van der Waals surface area contributed by atoms with E-state index in [-0.39, 0.29) is 6.54 Å². The zero-order chi connectivity index (χ0) is 16.7. The molecule has 0 amide bonds.